The monoisotopic (exact) mass is 271 g/mol. The van der Waals surface area contributed by atoms with Crippen molar-refractivity contribution in [2.45, 2.75) is 25.3 Å². The lowest BCUT2D eigenvalue weighted by Gasteiger charge is -2.27. The van der Waals surface area contributed by atoms with Gasteiger partial charge >= 0.3 is 0 Å². The summed E-state index contributed by atoms with van der Waals surface area (Å²) in [5, 5.41) is 0. The summed E-state index contributed by atoms with van der Waals surface area (Å²) in [5.41, 5.74) is 6.59. The maximum absolute atomic E-state index is 11.1. The molecule has 1 aromatic rings. The third-order valence-corrected chi connectivity index (χ3v) is 3.96. The summed E-state index contributed by atoms with van der Waals surface area (Å²) in [6.07, 6.45) is 2.38. The number of rotatable bonds is 6. The largest absolute Gasteiger partial charge is 0.496 e. The SMILES string of the molecule is COc1ccccc1C(C)(N)CCCS(C)(=O)=O. The van der Waals surface area contributed by atoms with Crippen LogP contribution in [-0.4, -0.2) is 27.5 Å². The Morgan fingerprint density at radius 1 is 1.33 bits per heavy atom. The van der Waals surface area contributed by atoms with Crippen molar-refractivity contribution in [2.75, 3.05) is 19.1 Å². The van der Waals surface area contributed by atoms with Crippen LogP contribution in [-0.2, 0) is 15.4 Å². The quantitative estimate of drug-likeness (QED) is 0.855. The van der Waals surface area contributed by atoms with Crippen molar-refractivity contribution < 1.29 is 13.2 Å². The van der Waals surface area contributed by atoms with Gasteiger partial charge in [-0.05, 0) is 25.8 Å². The van der Waals surface area contributed by atoms with Crippen LogP contribution in [0, 0.1) is 0 Å². The molecule has 0 saturated heterocycles. The van der Waals surface area contributed by atoms with E-state index in [-0.39, 0.29) is 5.75 Å². The average Bonchev–Trinajstić information content (AvgIpc) is 2.27. The number of hydrogen-bond donors (Lipinski definition) is 1. The molecule has 0 aliphatic heterocycles. The van der Waals surface area contributed by atoms with Gasteiger partial charge in [0.1, 0.15) is 15.6 Å². The standard InChI is InChI=1S/C13H21NO3S/c1-13(14,9-6-10-18(3,15)16)11-7-4-5-8-12(11)17-2/h4-5,7-8H,6,9-10,14H2,1-3H3. The molecule has 102 valence electrons. The van der Waals surface area contributed by atoms with Crippen molar-refractivity contribution in [3.63, 3.8) is 0 Å². The second-order valence-corrected chi connectivity index (χ2v) is 7.11. The summed E-state index contributed by atoms with van der Waals surface area (Å²) in [4.78, 5) is 0. The summed E-state index contributed by atoms with van der Waals surface area (Å²) < 4.78 is 27.5. The number of benzene rings is 1. The zero-order valence-electron chi connectivity index (χ0n) is 11.1. The molecule has 1 rings (SSSR count). The van der Waals surface area contributed by atoms with Gasteiger partial charge in [-0.25, -0.2) is 8.42 Å². The Labute approximate surface area is 109 Å². The van der Waals surface area contributed by atoms with Crippen LogP contribution >= 0.6 is 0 Å². The Morgan fingerprint density at radius 2 is 1.94 bits per heavy atom. The predicted molar refractivity (Wildman–Crippen MR) is 73.5 cm³/mol. The van der Waals surface area contributed by atoms with Crippen LogP contribution in [0.25, 0.3) is 0 Å². The van der Waals surface area contributed by atoms with Crippen LogP contribution in [0.2, 0.25) is 0 Å². The molecule has 0 saturated carbocycles. The predicted octanol–water partition coefficient (Wildman–Crippen LogP) is 1.69. The van der Waals surface area contributed by atoms with E-state index < -0.39 is 15.4 Å². The molecule has 0 bridgehead atoms. The Hall–Kier alpha value is -1.07. The van der Waals surface area contributed by atoms with Crippen LogP contribution in [0.15, 0.2) is 24.3 Å². The number of hydrogen-bond acceptors (Lipinski definition) is 4. The molecule has 1 aromatic carbocycles. The molecule has 0 amide bonds. The summed E-state index contributed by atoms with van der Waals surface area (Å²) >= 11 is 0. The van der Waals surface area contributed by atoms with Gasteiger partial charge in [-0.15, -0.1) is 0 Å². The molecular weight excluding hydrogens is 250 g/mol. The Kier molecular flexibility index (Phi) is 4.76. The smallest absolute Gasteiger partial charge is 0.147 e. The second kappa shape index (κ2) is 5.71. The van der Waals surface area contributed by atoms with E-state index in [9.17, 15) is 8.42 Å². The molecule has 1 atom stereocenters. The molecule has 0 heterocycles. The molecule has 0 aromatic heterocycles. The molecular formula is C13H21NO3S. The summed E-state index contributed by atoms with van der Waals surface area (Å²) in [6, 6.07) is 7.56. The minimum absolute atomic E-state index is 0.162. The molecule has 0 radical (unpaired) electrons. The fourth-order valence-electron chi connectivity index (χ4n) is 1.95. The third-order valence-electron chi connectivity index (χ3n) is 2.93. The van der Waals surface area contributed by atoms with Gasteiger partial charge in [-0.2, -0.15) is 0 Å². The van der Waals surface area contributed by atoms with E-state index in [1.807, 2.05) is 31.2 Å². The van der Waals surface area contributed by atoms with Crippen LogP contribution in [0.3, 0.4) is 0 Å². The molecule has 1 unspecified atom stereocenters. The number of nitrogens with two attached hydrogens (primary N) is 1. The van der Waals surface area contributed by atoms with Gasteiger partial charge in [0.25, 0.3) is 0 Å². The Bertz CT molecular complexity index is 495. The Balaban J connectivity index is 2.79. The van der Waals surface area contributed by atoms with Crippen LogP contribution in [0.4, 0.5) is 0 Å². The first kappa shape index (κ1) is 15.0. The van der Waals surface area contributed by atoms with Crippen LogP contribution in [0.1, 0.15) is 25.3 Å². The van der Waals surface area contributed by atoms with Crippen LogP contribution < -0.4 is 10.5 Å². The molecule has 0 spiro atoms. The van der Waals surface area contributed by atoms with Crippen molar-refractivity contribution in [3.05, 3.63) is 29.8 Å². The normalized spacial score (nSPS) is 15.1. The van der Waals surface area contributed by atoms with Gasteiger partial charge in [0.05, 0.1) is 7.11 Å². The highest BCUT2D eigenvalue weighted by atomic mass is 32.2. The second-order valence-electron chi connectivity index (χ2n) is 4.85. The van der Waals surface area contributed by atoms with Gasteiger partial charge in [-0.1, -0.05) is 18.2 Å². The minimum Gasteiger partial charge on any atom is -0.496 e. The molecule has 0 fully saturated rings. The summed E-state index contributed by atoms with van der Waals surface area (Å²) in [5.74, 6) is 0.899. The zero-order chi connectivity index (χ0) is 13.8. The Morgan fingerprint density at radius 3 is 2.50 bits per heavy atom. The van der Waals surface area contributed by atoms with E-state index >= 15 is 0 Å². The lowest BCUT2D eigenvalue weighted by molar-refractivity contribution is 0.376. The highest BCUT2D eigenvalue weighted by Gasteiger charge is 2.24. The topological polar surface area (TPSA) is 69.4 Å². The number of ether oxygens (including phenoxy) is 1. The van der Waals surface area contributed by atoms with Gasteiger partial charge in [0.15, 0.2) is 0 Å². The molecule has 0 aliphatic carbocycles. The highest BCUT2D eigenvalue weighted by molar-refractivity contribution is 7.90. The molecule has 5 heteroatoms. The van der Waals surface area contributed by atoms with Crippen molar-refractivity contribution >= 4 is 9.84 Å². The maximum Gasteiger partial charge on any atom is 0.147 e. The zero-order valence-corrected chi connectivity index (χ0v) is 12.0. The first-order chi connectivity index (χ1) is 8.26. The van der Waals surface area contributed by atoms with Gasteiger partial charge in [0.2, 0.25) is 0 Å². The highest BCUT2D eigenvalue weighted by Crippen LogP contribution is 2.31. The van der Waals surface area contributed by atoms with Crippen LogP contribution in [0.5, 0.6) is 5.75 Å². The number of sulfone groups is 1. The van der Waals surface area contributed by atoms with E-state index in [4.69, 9.17) is 10.5 Å². The van der Waals surface area contributed by atoms with E-state index in [0.717, 1.165) is 11.3 Å². The average molecular weight is 271 g/mol. The molecule has 0 aliphatic rings. The minimum atomic E-state index is -2.93. The molecule has 18 heavy (non-hydrogen) atoms. The van der Waals surface area contributed by atoms with Gasteiger partial charge < -0.3 is 10.5 Å². The molecule has 4 nitrogen and oxygen atoms in total. The van der Waals surface area contributed by atoms with E-state index in [2.05, 4.69) is 0 Å². The molecule has 2 N–H and O–H groups in total. The van der Waals surface area contributed by atoms with Gasteiger partial charge in [0, 0.05) is 23.1 Å². The van der Waals surface area contributed by atoms with Gasteiger partial charge in [-0.3, -0.25) is 0 Å². The fraction of sp³-hybridized carbons (Fsp3) is 0.538. The van der Waals surface area contributed by atoms with E-state index in [0.29, 0.717) is 12.8 Å². The lowest BCUT2D eigenvalue weighted by Crippen LogP contribution is -2.33. The van der Waals surface area contributed by atoms with Crippen molar-refractivity contribution in [1.82, 2.24) is 0 Å². The number of methoxy groups -OCH3 is 1. The van der Waals surface area contributed by atoms with E-state index in [1.165, 1.54) is 6.26 Å². The summed E-state index contributed by atoms with van der Waals surface area (Å²) in [6.45, 7) is 1.90. The first-order valence-corrected chi connectivity index (χ1v) is 7.92. The third kappa shape index (κ3) is 4.31. The summed E-state index contributed by atoms with van der Waals surface area (Å²) in [7, 11) is -1.33. The number of para-hydroxylation sites is 1. The maximum atomic E-state index is 11.1. The fourth-order valence-corrected chi connectivity index (χ4v) is 2.62. The van der Waals surface area contributed by atoms with Crippen molar-refractivity contribution in [1.29, 1.82) is 0 Å². The lowest BCUT2D eigenvalue weighted by atomic mass is 9.88. The van der Waals surface area contributed by atoms with E-state index in [1.54, 1.807) is 7.11 Å². The first-order valence-electron chi connectivity index (χ1n) is 5.86. The van der Waals surface area contributed by atoms with Crippen molar-refractivity contribution in [2.24, 2.45) is 5.73 Å². The van der Waals surface area contributed by atoms with Crippen molar-refractivity contribution in [3.8, 4) is 5.75 Å².